The van der Waals surface area contributed by atoms with Crippen LogP contribution in [0.1, 0.15) is 129 Å². The van der Waals surface area contributed by atoms with Crippen LogP contribution in [0, 0.1) is 0 Å². The fourth-order valence-corrected chi connectivity index (χ4v) is 6.21. The molecule has 0 rings (SSSR count). The van der Waals surface area contributed by atoms with Crippen molar-refractivity contribution in [1.29, 1.82) is 0 Å². The lowest BCUT2D eigenvalue weighted by Gasteiger charge is -2.29. The molecule has 0 spiro atoms. The predicted molar refractivity (Wildman–Crippen MR) is 228 cm³/mol. The van der Waals surface area contributed by atoms with Gasteiger partial charge in [0.15, 0.2) is 0 Å². The van der Waals surface area contributed by atoms with E-state index < -0.39 is 50.8 Å². The molecule has 0 heterocycles. The van der Waals surface area contributed by atoms with Crippen LogP contribution in [0.3, 0.4) is 0 Å². The molecular weight excluding hydrogens is 731 g/mol. The summed E-state index contributed by atoms with van der Waals surface area (Å²) >= 11 is 0. The normalized spacial score (nSPS) is 16.8. The van der Waals surface area contributed by atoms with Crippen LogP contribution in [0.5, 0.6) is 0 Å². The number of rotatable bonds is 36. The van der Waals surface area contributed by atoms with E-state index in [9.17, 15) is 34.7 Å². The molecule has 12 heteroatoms. The summed E-state index contributed by atoms with van der Waals surface area (Å²) < 4.78 is 23.0. The van der Waals surface area contributed by atoms with Crippen molar-refractivity contribution >= 4 is 13.7 Å². The highest BCUT2D eigenvalue weighted by atomic mass is 31.2. The minimum absolute atomic E-state index is 0.0177. The van der Waals surface area contributed by atoms with E-state index in [1.54, 1.807) is 48.6 Å². The number of aliphatic hydroxyl groups excluding tert-OH is 4. The summed E-state index contributed by atoms with van der Waals surface area (Å²) in [5, 5.41) is 44.1. The molecule has 5 N–H and O–H groups in total. The monoisotopic (exact) mass is 811 g/mol. The number of hydrogen-bond donors (Lipinski definition) is 5. The first-order chi connectivity index (χ1) is 26.7. The van der Waals surface area contributed by atoms with Crippen molar-refractivity contribution in [2.75, 3.05) is 40.9 Å². The Balaban J connectivity index is 4.86. The number of nitrogens with one attached hydrogen (secondary N) is 1. The van der Waals surface area contributed by atoms with Crippen molar-refractivity contribution in [3.63, 3.8) is 0 Å². The zero-order chi connectivity index (χ0) is 41.9. The van der Waals surface area contributed by atoms with Crippen LogP contribution in [0.25, 0.3) is 0 Å². The van der Waals surface area contributed by atoms with E-state index in [0.29, 0.717) is 17.4 Å². The van der Waals surface area contributed by atoms with Crippen LogP contribution in [-0.2, 0) is 18.4 Å². The molecule has 56 heavy (non-hydrogen) atoms. The van der Waals surface area contributed by atoms with Crippen molar-refractivity contribution < 1.29 is 48.2 Å². The van der Waals surface area contributed by atoms with Crippen LogP contribution in [-0.4, -0.2) is 102 Å². The smallest absolute Gasteiger partial charge is 0.268 e. The maximum absolute atomic E-state index is 12.9. The van der Waals surface area contributed by atoms with Gasteiger partial charge in [-0.15, -0.1) is 0 Å². The van der Waals surface area contributed by atoms with Crippen LogP contribution in [0.4, 0.5) is 0 Å². The second-order valence-electron chi connectivity index (χ2n) is 15.5. The number of nitrogens with zero attached hydrogens (tertiary/aromatic N) is 1. The number of unbranched alkanes of at least 4 members (excludes halogenated alkanes) is 12. The van der Waals surface area contributed by atoms with E-state index in [0.717, 1.165) is 25.7 Å². The first-order valence-electron chi connectivity index (χ1n) is 21.1. The SMILES string of the molecule is CC/C=C\C[C@H](O)/C=C/C=C/C=C\C=C/[C@@H](O)[C@H](O)CCCC(=O)N[C@@H](COP(=O)([O-])OCC[N+](C)(C)C)[C@H](O)/C=C/CCCCCCCCCCCCCC. The number of aliphatic hydroxyl groups is 4. The van der Waals surface area contributed by atoms with Gasteiger partial charge in [0.2, 0.25) is 5.91 Å². The van der Waals surface area contributed by atoms with E-state index >= 15 is 0 Å². The van der Waals surface area contributed by atoms with Crippen LogP contribution >= 0.6 is 7.82 Å². The molecule has 0 saturated carbocycles. The summed E-state index contributed by atoms with van der Waals surface area (Å²) in [6.45, 7) is 4.14. The van der Waals surface area contributed by atoms with Gasteiger partial charge >= 0.3 is 0 Å². The predicted octanol–water partition coefficient (Wildman–Crippen LogP) is 7.52. The highest BCUT2D eigenvalue weighted by Gasteiger charge is 2.23. The number of phosphoric acid groups is 1. The van der Waals surface area contributed by atoms with E-state index in [1.165, 1.54) is 70.3 Å². The van der Waals surface area contributed by atoms with Crippen molar-refractivity contribution in [3.05, 3.63) is 72.9 Å². The van der Waals surface area contributed by atoms with Crippen LogP contribution in [0.15, 0.2) is 72.9 Å². The maximum atomic E-state index is 12.9. The first kappa shape index (κ1) is 53.8. The van der Waals surface area contributed by atoms with Gasteiger partial charge in [-0.25, -0.2) is 0 Å². The van der Waals surface area contributed by atoms with Crippen LogP contribution in [0.2, 0.25) is 0 Å². The number of phosphoric ester groups is 1. The lowest BCUT2D eigenvalue weighted by atomic mass is 10.0. The zero-order valence-electron chi connectivity index (χ0n) is 35.4. The summed E-state index contributed by atoms with van der Waals surface area (Å²) in [5.74, 6) is -0.454. The number of likely N-dealkylation sites (N-methyl/N-ethyl adjacent to an activating group) is 1. The summed E-state index contributed by atoms with van der Waals surface area (Å²) in [4.78, 5) is 25.3. The Kier molecular flexibility index (Phi) is 33.5. The summed E-state index contributed by atoms with van der Waals surface area (Å²) in [6.07, 6.45) is 34.5. The van der Waals surface area contributed by atoms with Gasteiger partial charge < -0.3 is 44.2 Å². The van der Waals surface area contributed by atoms with Gasteiger partial charge in [-0.1, -0.05) is 157 Å². The lowest BCUT2D eigenvalue weighted by Crippen LogP contribution is -2.46. The number of carbonyl (C=O) groups is 1. The van der Waals surface area contributed by atoms with Gasteiger partial charge in [0.05, 0.1) is 58.2 Å². The Morgan fingerprint density at radius 2 is 1.29 bits per heavy atom. The molecule has 0 aliphatic heterocycles. The molecule has 1 unspecified atom stereocenters. The van der Waals surface area contributed by atoms with Gasteiger partial charge in [0.25, 0.3) is 7.82 Å². The molecule has 0 aliphatic rings. The van der Waals surface area contributed by atoms with Crippen LogP contribution < -0.4 is 10.2 Å². The zero-order valence-corrected chi connectivity index (χ0v) is 36.3. The fraction of sp³-hybridized carbons (Fsp3) is 0.705. The topological polar surface area (TPSA) is 169 Å². The van der Waals surface area contributed by atoms with E-state index in [2.05, 4.69) is 12.2 Å². The summed E-state index contributed by atoms with van der Waals surface area (Å²) in [6, 6.07) is -1.05. The molecule has 0 saturated heterocycles. The molecule has 0 aliphatic carbocycles. The van der Waals surface area contributed by atoms with Gasteiger partial charge in [-0.3, -0.25) is 9.36 Å². The van der Waals surface area contributed by atoms with Gasteiger partial charge in [0, 0.05) is 6.42 Å². The van der Waals surface area contributed by atoms with E-state index in [4.69, 9.17) is 9.05 Å². The van der Waals surface area contributed by atoms with Crippen molar-refractivity contribution in [3.8, 4) is 0 Å². The minimum Gasteiger partial charge on any atom is -0.756 e. The number of allylic oxidation sites excluding steroid dienone is 8. The number of quaternary nitrogens is 1. The van der Waals surface area contributed by atoms with Gasteiger partial charge in [-0.05, 0) is 38.5 Å². The Morgan fingerprint density at radius 3 is 1.88 bits per heavy atom. The third kappa shape index (κ3) is 35.0. The highest BCUT2D eigenvalue weighted by molar-refractivity contribution is 7.45. The number of hydrogen-bond acceptors (Lipinski definition) is 9. The summed E-state index contributed by atoms with van der Waals surface area (Å²) in [5.41, 5.74) is 0. The molecule has 0 aromatic heterocycles. The van der Waals surface area contributed by atoms with Crippen molar-refractivity contribution in [1.82, 2.24) is 5.32 Å². The third-order valence-corrected chi connectivity index (χ3v) is 9.98. The van der Waals surface area contributed by atoms with Gasteiger partial charge in [0.1, 0.15) is 13.2 Å². The summed E-state index contributed by atoms with van der Waals surface area (Å²) in [7, 11) is 1.03. The lowest BCUT2D eigenvalue weighted by molar-refractivity contribution is -0.870. The van der Waals surface area contributed by atoms with Crippen molar-refractivity contribution in [2.24, 2.45) is 0 Å². The fourth-order valence-electron chi connectivity index (χ4n) is 5.49. The second-order valence-corrected chi connectivity index (χ2v) is 16.9. The molecule has 324 valence electrons. The Morgan fingerprint density at radius 1 is 0.714 bits per heavy atom. The number of amides is 1. The molecule has 0 aromatic rings. The first-order valence-corrected chi connectivity index (χ1v) is 22.6. The van der Waals surface area contributed by atoms with E-state index in [1.807, 2.05) is 46.3 Å². The average molecular weight is 811 g/mol. The molecule has 11 nitrogen and oxygen atoms in total. The molecule has 0 bridgehead atoms. The molecule has 6 atom stereocenters. The van der Waals surface area contributed by atoms with Crippen molar-refractivity contribution in [2.45, 2.75) is 160 Å². The highest BCUT2D eigenvalue weighted by Crippen LogP contribution is 2.38. The molecule has 0 radical (unpaired) electrons. The Labute approximate surface area is 340 Å². The molecule has 0 aromatic carbocycles. The number of carbonyl (C=O) groups excluding carboxylic acids is 1. The largest absolute Gasteiger partial charge is 0.756 e. The Bertz CT molecular complexity index is 1200. The average Bonchev–Trinajstić information content (AvgIpc) is 3.13. The molecular formula is C44H79N2O9P. The standard InChI is InChI=1S/C44H79N2O9P/c1-6-8-10-11-12-13-14-15-16-17-18-19-23-27-32-41(48)40(38-55-56(52,53)54-37-36-46(3,4)5)45-44(51)35-29-34-43(50)42(49)33-28-24-21-20-22-26-31-39(47)30-25-9-7-2/h9,20-22,24-28,31-33,39-43,47-50H,6-8,10-19,23,29-30,34-38H2,1-5H3,(H-,45,51,52,53)/b22-20+,24-21-,25-9-,31-26+,32-27+,33-28-/t39-,40-,41+,42+,43+/m0/s1. The van der Waals surface area contributed by atoms with E-state index in [-0.39, 0.29) is 25.9 Å². The quantitative estimate of drug-likeness (QED) is 0.0141. The molecule has 0 fully saturated rings. The second kappa shape index (κ2) is 34.8. The maximum Gasteiger partial charge on any atom is 0.268 e. The van der Waals surface area contributed by atoms with Gasteiger partial charge in [-0.2, -0.15) is 0 Å². The third-order valence-electron chi connectivity index (χ3n) is 9.01. The minimum atomic E-state index is -4.69. The molecule has 1 amide bonds. The Hall–Kier alpha value is -2.18.